The molecular weight excluding hydrogens is 220 g/mol. The van der Waals surface area contributed by atoms with E-state index in [0.29, 0.717) is 0 Å². The van der Waals surface area contributed by atoms with Crippen molar-refractivity contribution >= 4 is 17.2 Å². The lowest BCUT2D eigenvalue weighted by Gasteiger charge is -2.30. The first-order valence-corrected chi connectivity index (χ1v) is 6.57. The average Bonchev–Trinajstić information content (AvgIpc) is 2.73. The van der Waals surface area contributed by atoms with E-state index < -0.39 is 0 Å². The summed E-state index contributed by atoms with van der Waals surface area (Å²) in [7, 11) is 0. The Hall–Kier alpha value is -0.870. The van der Waals surface area contributed by atoms with Gasteiger partial charge in [-0.2, -0.15) is 0 Å². The molecular formula is C12H18N2OS. The van der Waals surface area contributed by atoms with Gasteiger partial charge in [-0.1, -0.05) is 6.92 Å². The topological polar surface area (TPSA) is 46.3 Å². The van der Waals surface area contributed by atoms with Crippen molar-refractivity contribution in [1.82, 2.24) is 4.90 Å². The summed E-state index contributed by atoms with van der Waals surface area (Å²) in [5.41, 5.74) is 7.08. The lowest BCUT2D eigenvalue weighted by Crippen LogP contribution is -2.43. The number of thiophene rings is 1. The van der Waals surface area contributed by atoms with Crippen LogP contribution in [0.1, 0.15) is 24.3 Å². The molecule has 1 aliphatic heterocycles. The predicted molar refractivity (Wildman–Crippen MR) is 66.3 cm³/mol. The lowest BCUT2D eigenvalue weighted by atomic mass is 10.0. The molecule has 2 rings (SSSR count). The van der Waals surface area contributed by atoms with Gasteiger partial charge in [-0.3, -0.25) is 4.79 Å². The summed E-state index contributed by atoms with van der Waals surface area (Å²) < 4.78 is 0. The largest absolute Gasteiger partial charge is 0.338 e. The molecule has 16 heavy (non-hydrogen) atoms. The van der Waals surface area contributed by atoms with Crippen molar-refractivity contribution in [2.45, 2.75) is 32.9 Å². The minimum atomic E-state index is -0.0832. The fourth-order valence-electron chi connectivity index (χ4n) is 1.95. The van der Waals surface area contributed by atoms with E-state index in [2.05, 4.69) is 11.4 Å². The minimum Gasteiger partial charge on any atom is -0.338 e. The summed E-state index contributed by atoms with van der Waals surface area (Å²) in [4.78, 5) is 15.5. The van der Waals surface area contributed by atoms with Crippen molar-refractivity contribution in [2.24, 2.45) is 11.7 Å². The summed E-state index contributed by atoms with van der Waals surface area (Å²) in [6, 6.07) is 2.05. The standard InChI is InChI=1S/C12H18N2OS/c1-8(9(2)13)12(15)14-5-3-11-10(7-14)4-6-16-11/h4,6,8-9H,3,5,7,13H2,1-2H3. The van der Waals surface area contributed by atoms with Crippen LogP contribution in [0.25, 0.3) is 0 Å². The number of nitrogens with two attached hydrogens (primary N) is 1. The third kappa shape index (κ3) is 2.13. The highest BCUT2D eigenvalue weighted by Gasteiger charge is 2.26. The van der Waals surface area contributed by atoms with Crippen molar-refractivity contribution in [2.75, 3.05) is 6.54 Å². The Morgan fingerprint density at radius 3 is 3.00 bits per heavy atom. The van der Waals surface area contributed by atoms with Gasteiger partial charge in [-0.15, -0.1) is 11.3 Å². The Labute approximate surface area is 100 Å². The van der Waals surface area contributed by atoms with Gasteiger partial charge in [0.25, 0.3) is 0 Å². The number of hydrogen-bond donors (Lipinski definition) is 1. The van der Waals surface area contributed by atoms with Crippen LogP contribution in [0, 0.1) is 5.92 Å². The molecule has 0 spiro atoms. The normalized spacial score (nSPS) is 19.1. The van der Waals surface area contributed by atoms with Crippen LogP contribution in [0.15, 0.2) is 11.4 Å². The number of carbonyl (C=O) groups excluding carboxylic acids is 1. The molecule has 1 aromatic heterocycles. The Morgan fingerprint density at radius 1 is 1.56 bits per heavy atom. The van der Waals surface area contributed by atoms with Gasteiger partial charge in [-0.25, -0.2) is 0 Å². The minimum absolute atomic E-state index is 0.0728. The fourth-order valence-corrected chi connectivity index (χ4v) is 2.84. The van der Waals surface area contributed by atoms with Crippen LogP contribution in [0.5, 0.6) is 0 Å². The quantitative estimate of drug-likeness (QED) is 0.851. The van der Waals surface area contributed by atoms with Crippen molar-refractivity contribution < 1.29 is 4.79 Å². The number of hydrogen-bond acceptors (Lipinski definition) is 3. The summed E-state index contributed by atoms with van der Waals surface area (Å²) in [6.07, 6.45) is 0.990. The van der Waals surface area contributed by atoms with E-state index in [1.165, 1.54) is 10.4 Å². The molecule has 0 bridgehead atoms. The Balaban J connectivity index is 2.06. The second-order valence-electron chi connectivity index (χ2n) is 4.53. The molecule has 1 amide bonds. The Bertz CT molecular complexity index is 386. The summed E-state index contributed by atoms with van der Waals surface area (Å²) in [5, 5.41) is 2.10. The highest BCUT2D eigenvalue weighted by atomic mass is 32.1. The van der Waals surface area contributed by atoms with E-state index >= 15 is 0 Å². The molecule has 2 atom stereocenters. The Kier molecular flexibility index (Phi) is 3.30. The van der Waals surface area contributed by atoms with Crippen LogP contribution >= 0.6 is 11.3 Å². The third-order valence-corrected chi connectivity index (χ3v) is 4.32. The maximum Gasteiger partial charge on any atom is 0.227 e. The molecule has 2 unspecified atom stereocenters. The molecule has 88 valence electrons. The first-order chi connectivity index (χ1) is 7.59. The van der Waals surface area contributed by atoms with Crippen molar-refractivity contribution in [1.29, 1.82) is 0 Å². The van der Waals surface area contributed by atoms with Crippen LogP contribution in [-0.2, 0) is 17.8 Å². The zero-order chi connectivity index (χ0) is 11.7. The maximum absolute atomic E-state index is 12.1. The first kappa shape index (κ1) is 11.6. The SMILES string of the molecule is CC(N)C(C)C(=O)N1CCc2sccc2C1. The van der Waals surface area contributed by atoms with Crippen molar-refractivity contribution in [3.05, 3.63) is 21.9 Å². The molecule has 2 heterocycles. The fraction of sp³-hybridized carbons (Fsp3) is 0.583. The highest BCUT2D eigenvalue weighted by molar-refractivity contribution is 7.10. The van der Waals surface area contributed by atoms with Gasteiger partial charge < -0.3 is 10.6 Å². The van der Waals surface area contributed by atoms with Gasteiger partial charge in [0.2, 0.25) is 5.91 Å². The second-order valence-corrected chi connectivity index (χ2v) is 5.53. The smallest absolute Gasteiger partial charge is 0.227 e. The zero-order valence-electron chi connectivity index (χ0n) is 9.77. The molecule has 1 aromatic rings. The van der Waals surface area contributed by atoms with Crippen LogP contribution in [0.3, 0.4) is 0 Å². The van der Waals surface area contributed by atoms with Gasteiger partial charge in [0, 0.05) is 24.0 Å². The van der Waals surface area contributed by atoms with E-state index in [-0.39, 0.29) is 17.9 Å². The first-order valence-electron chi connectivity index (χ1n) is 5.69. The van der Waals surface area contributed by atoms with Crippen molar-refractivity contribution in [3.8, 4) is 0 Å². The molecule has 2 N–H and O–H groups in total. The monoisotopic (exact) mass is 238 g/mol. The van der Waals surface area contributed by atoms with E-state index in [9.17, 15) is 4.79 Å². The van der Waals surface area contributed by atoms with Gasteiger partial charge in [0.15, 0.2) is 0 Å². The molecule has 1 aliphatic rings. The third-order valence-electron chi connectivity index (χ3n) is 3.30. The van der Waals surface area contributed by atoms with E-state index in [4.69, 9.17) is 5.73 Å². The summed E-state index contributed by atoms with van der Waals surface area (Å²) >= 11 is 1.79. The van der Waals surface area contributed by atoms with Gasteiger partial charge in [0.05, 0.1) is 5.92 Å². The molecule has 0 aromatic carbocycles. The van der Waals surface area contributed by atoms with Crippen molar-refractivity contribution in [3.63, 3.8) is 0 Å². The lowest BCUT2D eigenvalue weighted by molar-refractivity contribution is -0.136. The van der Waals surface area contributed by atoms with E-state index in [1.54, 1.807) is 11.3 Å². The predicted octanol–water partition coefficient (Wildman–Crippen LogP) is 1.62. The number of fused-ring (bicyclic) bond motifs is 1. The molecule has 3 nitrogen and oxygen atoms in total. The molecule has 0 fully saturated rings. The maximum atomic E-state index is 12.1. The number of nitrogens with zero attached hydrogens (tertiary/aromatic N) is 1. The van der Waals surface area contributed by atoms with E-state index in [1.807, 2.05) is 18.7 Å². The number of rotatable bonds is 2. The average molecular weight is 238 g/mol. The van der Waals surface area contributed by atoms with Gasteiger partial charge in [0.1, 0.15) is 0 Å². The summed E-state index contributed by atoms with van der Waals surface area (Å²) in [5.74, 6) is 0.104. The number of carbonyl (C=O) groups is 1. The summed E-state index contributed by atoms with van der Waals surface area (Å²) in [6.45, 7) is 5.40. The van der Waals surface area contributed by atoms with Gasteiger partial charge >= 0.3 is 0 Å². The molecule has 0 saturated carbocycles. The second kappa shape index (κ2) is 4.55. The van der Waals surface area contributed by atoms with Crippen LogP contribution in [-0.4, -0.2) is 23.4 Å². The molecule has 0 radical (unpaired) electrons. The van der Waals surface area contributed by atoms with E-state index in [0.717, 1.165) is 19.5 Å². The van der Waals surface area contributed by atoms with Gasteiger partial charge in [-0.05, 0) is 30.4 Å². The zero-order valence-corrected chi connectivity index (χ0v) is 10.6. The number of amides is 1. The molecule has 0 saturated heterocycles. The Morgan fingerprint density at radius 2 is 2.31 bits per heavy atom. The molecule has 4 heteroatoms. The highest BCUT2D eigenvalue weighted by Crippen LogP contribution is 2.25. The van der Waals surface area contributed by atoms with Crippen LogP contribution in [0.2, 0.25) is 0 Å². The van der Waals surface area contributed by atoms with Crippen LogP contribution < -0.4 is 5.73 Å². The molecule has 0 aliphatic carbocycles. The van der Waals surface area contributed by atoms with Crippen LogP contribution in [0.4, 0.5) is 0 Å².